The Bertz CT molecular complexity index is 1390. The van der Waals surface area contributed by atoms with Crippen molar-refractivity contribution >= 4 is 40.8 Å². The van der Waals surface area contributed by atoms with Gasteiger partial charge in [-0.05, 0) is 46.9 Å². The van der Waals surface area contributed by atoms with Crippen molar-refractivity contribution in [1.82, 2.24) is 5.32 Å². The second-order valence-corrected chi connectivity index (χ2v) is 10.6. The molecule has 3 aromatic carbocycles. The summed E-state index contributed by atoms with van der Waals surface area (Å²) >= 11 is 1.39. The number of benzene rings is 3. The number of rotatable bonds is 10. The molecule has 0 unspecified atom stereocenters. The first kappa shape index (κ1) is 30.3. The van der Waals surface area contributed by atoms with Crippen LogP contribution in [0.4, 0.5) is 21.5 Å². The van der Waals surface area contributed by atoms with E-state index in [4.69, 9.17) is 16.3 Å². The Hall–Kier alpha value is -4.22. The number of nitrogens with one attached hydrogen (secondary N) is 3. The van der Waals surface area contributed by atoms with Gasteiger partial charge in [0.2, 0.25) is 0 Å². The van der Waals surface area contributed by atoms with Gasteiger partial charge in [-0.25, -0.2) is 10.2 Å². The van der Waals surface area contributed by atoms with Crippen LogP contribution in [0.1, 0.15) is 42.3 Å². The van der Waals surface area contributed by atoms with E-state index < -0.39 is 17.6 Å². The molecule has 0 saturated carbocycles. The Kier molecular flexibility index (Phi) is 10.0. The van der Waals surface area contributed by atoms with Gasteiger partial charge in [-0.15, -0.1) is 0 Å². The highest BCUT2D eigenvalue weighted by Crippen LogP contribution is 2.39. The SMILES string of the molecule is COc1c(NSC)cc(C(C)(C)C)cc1NC(=O)c1ccc(F)c(N(N)/C=C(\N)C(=O)NCc2ccccc2)c1. The molecule has 7 N–H and O–H groups in total. The summed E-state index contributed by atoms with van der Waals surface area (Å²) in [5.74, 6) is 4.69. The fourth-order valence-corrected chi connectivity index (χ4v) is 4.14. The summed E-state index contributed by atoms with van der Waals surface area (Å²) in [6.45, 7) is 6.45. The smallest absolute Gasteiger partial charge is 0.268 e. The van der Waals surface area contributed by atoms with Gasteiger partial charge in [-0.1, -0.05) is 63.1 Å². The molecular formula is C29H35FN6O3S. The van der Waals surface area contributed by atoms with Gasteiger partial charge < -0.3 is 25.8 Å². The van der Waals surface area contributed by atoms with Gasteiger partial charge in [0.05, 0.1) is 30.4 Å². The van der Waals surface area contributed by atoms with Crippen molar-refractivity contribution in [3.05, 3.63) is 95.1 Å². The summed E-state index contributed by atoms with van der Waals surface area (Å²) in [5, 5.41) is 6.41. The highest BCUT2D eigenvalue weighted by atomic mass is 32.2. The molecule has 11 heteroatoms. The number of anilines is 3. The average molecular weight is 567 g/mol. The van der Waals surface area contributed by atoms with Gasteiger partial charge in [0, 0.05) is 18.4 Å². The molecule has 3 aromatic rings. The number of amides is 2. The number of hydrogen-bond acceptors (Lipinski definition) is 8. The molecular weight excluding hydrogens is 531 g/mol. The number of ether oxygens (including phenoxy) is 1. The van der Waals surface area contributed by atoms with E-state index in [1.807, 2.05) is 48.7 Å². The standard InChI is InChI=1S/C29H35FN6O3S/c1-29(2,3)20-14-23(26(39-4)24(15-20)35-40-5)34-27(37)19-11-12-21(30)25(13-19)36(32)17-22(31)28(38)33-16-18-9-7-6-8-10-18/h6-15,17,35H,16,31-32H2,1-5H3,(H,33,38)(H,34,37)/b22-17-. The fraction of sp³-hybridized carbons (Fsp3) is 0.241. The first-order chi connectivity index (χ1) is 18.9. The third-order valence-electron chi connectivity index (χ3n) is 5.94. The molecule has 9 nitrogen and oxygen atoms in total. The van der Waals surface area contributed by atoms with E-state index in [2.05, 4.69) is 36.1 Å². The van der Waals surface area contributed by atoms with Gasteiger partial charge >= 0.3 is 0 Å². The molecule has 0 radical (unpaired) electrons. The van der Waals surface area contributed by atoms with Crippen LogP contribution < -0.4 is 36.7 Å². The Balaban J connectivity index is 1.83. The monoisotopic (exact) mass is 566 g/mol. The molecule has 2 amide bonds. The van der Waals surface area contributed by atoms with Gasteiger partial charge in [-0.3, -0.25) is 14.6 Å². The number of methoxy groups -OCH3 is 1. The minimum atomic E-state index is -0.702. The Morgan fingerprint density at radius 1 is 1.07 bits per heavy atom. The summed E-state index contributed by atoms with van der Waals surface area (Å²) in [5.41, 5.74) is 8.46. The highest BCUT2D eigenvalue weighted by molar-refractivity contribution is 7.99. The first-order valence-corrected chi connectivity index (χ1v) is 13.6. The molecule has 0 atom stereocenters. The van der Waals surface area contributed by atoms with Crippen LogP contribution >= 0.6 is 11.9 Å². The van der Waals surface area contributed by atoms with Gasteiger partial charge in [0.15, 0.2) is 5.75 Å². The lowest BCUT2D eigenvalue weighted by Crippen LogP contribution is -2.33. The molecule has 40 heavy (non-hydrogen) atoms. The molecule has 0 spiro atoms. The van der Waals surface area contributed by atoms with Crippen molar-refractivity contribution in [1.29, 1.82) is 0 Å². The van der Waals surface area contributed by atoms with Crippen molar-refractivity contribution in [2.75, 3.05) is 28.4 Å². The average Bonchev–Trinajstić information content (AvgIpc) is 2.91. The Labute approximate surface area is 238 Å². The van der Waals surface area contributed by atoms with Gasteiger partial charge in [0.1, 0.15) is 11.5 Å². The summed E-state index contributed by atoms with van der Waals surface area (Å²) in [6, 6.07) is 16.8. The number of carbonyl (C=O) groups excluding carboxylic acids is 2. The van der Waals surface area contributed by atoms with Crippen molar-refractivity contribution in [3.63, 3.8) is 0 Å². The predicted molar refractivity (Wildman–Crippen MR) is 160 cm³/mol. The van der Waals surface area contributed by atoms with E-state index in [9.17, 15) is 14.0 Å². The van der Waals surface area contributed by atoms with Crippen molar-refractivity contribution in [2.24, 2.45) is 11.6 Å². The van der Waals surface area contributed by atoms with Crippen molar-refractivity contribution < 1.29 is 18.7 Å². The maximum absolute atomic E-state index is 14.7. The zero-order valence-corrected chi connectivity index (χ0v) is 24.0. The topological polar surface area (TPSA) is 135 Å². The van der Waals surface area contributed by atoms with E-state index in [-0.39, 0.29) is 28.9 Å². The summed E-state index contributed by atoms with van der Waals surface area (Å²) in [7, 11) is 1.52. The summed E-state index contributed by atoms with van der Waals surface area (Å²) in [6.07, 6.45) is 2.98. The van der Waals surface area contributed by atoms with Crippen LogP contribution in [0.3, 0.4) is 0 Å². The van der Waals surface area contributed by atoms with Crippen LogP contribution in [0.15, 0.2) is 72.6 Å². The predicted octanol–water partition coefficient (Wildman–Crippen LogP) is 4.87. The van der Waals surface area contributed by atoms with Crippen molar-refractivity contribution in [3.8, 4) is 5.75 Å². The minimum absolute atomic E-state index is 0.134. The van der Waals surface area contributed by atoms with Gasteiger partial charge in [-0.2, -0.15) is 0 Å². The van der Waals surface area contributed by atoms with Crippen molar-refractivity contribution in [2.45, 2.75) is 32.7 Å². The van der Waals surface area contributed by atoms with E-state index in [1.54, 1.807) is 0 Å². The number of carbonyl (C=O) groups is 2. The van der Waals surface area contributed by atoms with E-state index in [1.165, 1.54) is 31.2 Å². The van der Waals surface area contributed by atoms with Crippen LogP contribution in [-0.4, -0.2) is 25.2 Å². The minimum Gasteiger partial charge on any atom is -0.492 e. The lowest BCUT2D eigenvalue weighted by Gasteiger charge is -2.24. The van der Waals surface area contributed by atoms with Crippen LogP contribution in [0, 0.1) is 5.82 Å². The molecule has 3 rings (SSSR count). The highest BCUT2D eigenvalue weighted by Gasteiger charge is 2.22. The Morgan fingerprint density at radius 3 is 2.38 bits per heavy atom. The lowest BCUT2D eigenvalue weighted by molar-refractivity contribution is -0.117. The zero-order valence-electron chi connectivity index (χ0n) is 23.2. The largest absolute Gasteiger partial charge is 0.492 e. The molecule has 0 bridgehead atoms. The molecule has 0 aliphatic rings. The van der Waals surface area contributed by atoms with Crippen LogP contribution in [0.25, 0.3) is 0 Å². The number of nitrogens with zero attached hydrogens (tertiary/aromatic N) is 1. The molecule has 0 saturated heterocycles. The third-order valence-corrected chi connectivity index (χ3v) is 6.37. The molecule has 0 aliphatic heterocycles. The van der Waals surface area contributed by atoms with Crippen LogP contribution in [0.2, 0.25) is 0 Å². The number of hydrazine groups is 1. The molecule has 0 fully saturated rings. The quantitative estimate of drug-likeness (QED) is 0.102. The van der Waals surface area contributed by atoms with Crippen LogP contribution in [0.5, 0.6) is 5.75 Å². The van der Waals surface area contributed by atoms with Crippen LogP contribution in [-0.2, 0) is 16.8 Å². The summed E-state index contributed by atoms with van der Waals surface area (Å²) < 4.78 is 23.5. The Morgan fingerprint density at radius 2 is 1.75 bits per heavy atom. The third kappa shape index (κ3) is 7.67. The van der Waals surface area contributed by atoms with Gasteiger partial charge in [0.25, 0.3) is 11.8 Å². The lowest BCUT2D eigenvalue weighted by atomic mass is 9.86. The zero-order chi connectivity index (χ0) is 29.4. The maximum Gasteiger partial charge on any atom is 0.268 e. The fourth-order valence-electron chi connectivity index (χ4n) is 3.76. The number of halogens is 1. The number of hydrogen-bond donors (Lipinski definition) is 5. The molecule has 0 aromatic heterocycles. The second-order valence-electron chi connectivity index (χ2n) is 9.94. The molecule has 0 heterocycles. The van der Waals surface area contributed by atoms with E-state index >= 15 is 0 Å². The molecule has 212 valence electrons. The maximum atomic E-state index is 14.7. The molecule has 0 aliphatic carbocycles. The first-order valence-electron chi connectivity index (χ1n) is 12.4. The normalized spacial score (nSPS) is 11.5. The van der Waals surface area contributed by atoms with E-state index in [0.29, 0.717) is 17.1 Å². The number of nitrogens with two attached hydrogens (primary N) is 2. The van der Waals surface area contributed by atoms with E-state index in [0.717, 1.165) is 28.4 Å². The second kappa shape index (κ2) is 13.2. The summed E-state index contributed by atoms with van der Waals surface area (Å²) in [4.78, 5) is 25.7.